The molecule has 1 aliphatic rings. The number of nitrogens with one attached hydrogen (secondary N) is 1. The molecule has 2 aromatic carbocycles. The average molecular weight is 325 g/mol. The Morgan fingerprint density at radius 3 is 2.75 bits per heavy atom. The van der Waals surface area contributed by atoms with Gasteiger partial charge in [0, 0.05) is 12.3 Å². The average Bonchev–Trinajstić information content (AvgIpc) is 2.98. The van der Waals surface area contributed by atoms with Gasteiger partial charge in [0.2, 0.25) is 5.91 Å². The molecule has 4 rings (SSSR count). The summed E-state index contributed by atoms with van der Waals surface area (Å²) < 4.78 is 29.3. The number of halogens is 2. The SMILES string of the molecule is O=C1C[C@@H](c2ccccc2F)c2ncn(-c3cccc(F)c3)c2N1. The van der Waals surface area contributed by atoms with Gasteiger partial charge in [-0.1, -0.05) is 24.3 Å². The van der Waals surface area contributed by atoms with Gasteiger partial charge in [-0.2, -0.15) is 0 Å². The number of carbonyl (C=O) groups is 1. The largest absolute Gasteiger partial charge is 0.310 e. The highest BCUT2D eigenvalue weighted by Gasteiger charge is 2.32. The lowest BCUT2D eigenvalue weighted by Gasteiger charge is -2.23. The fourth-order valence-electron chi connectivity index (χ4n) is 3.04. The molecule has 0 radical (unpaired) electrons. The second kappa shape index (κ2) is 5.56. The molecule has 0 saturated heterocycles. The fourth-order valence-corrected chi connectivity index (χ4v) is 3.04. The predicted molar refractivity (Wildman–Crippen MR) is 85.0 cm³/mol. The molecule has 4 nitrogen and oxygen atoms in total. The predicted octanol–water partition coefficient (Wildman–Crippen LogP) is 3.62. The van der Waals surface area contributed by atoms with Crippen LogP contribution in [0, 0.1) is 11.6 Å². The zero-order chi connectivity index (χ0) is 16.7. The molecule has 0 unspecified atom stereocenters. The summed E-state index contributed by atoms with van der Waals surface area (Å²) in [5.74, 6) is -1.00. The molecule has 24 heavy (non-hydrogen) atoms. The number of fused-ring (bicyclic) bond motifs is 1. The van der Waals surface area contributed by atoms with Crippen LogP contribution in [0.25, 0.3) is 5.69 Å². The van der Waals surface area contributed by atoms with Crippen LogP contribution in [0.1, 0.15) is 23.6 Å². The molecule has 1 aliphatic heterocycles. The summed E-state index contributed by atoms with van der Waals surface area (Å²) in [6.07, 6.45) is 1.63. The molecule has 1 N–H and O–H groups in total. The first-order valence-corrected chi connectivity index (χ1v) is 7.51. The second-order valence-electron chi connectivity index (χ2n) is 5.65. The molecule has 1 aromatic heterocycles. The summed E-state index contributed by atoms with van der Waals surface area (Å²) in [4.78, 5) is 16.5. The van der Waals surface area contributed by atoms with E-state index < -0.39 is 5.92 Å². The topological polar surface area (TPSA) is 46.9 Å². The third kappa shape index (κ3) is 2.36. The number of nitrogens with zero attached hydrogens (tertiary/aromatic N) is 2. The van der Waals surface area contributed by atoms with Crippen molar-refractivity contribution in [2.45, 2.75) is 12.3 Å². The maximum absolute atomic E-state index is 14.2. The highest BCUT2D eigenvalue weighted by molar-refractivity contribution is 5.94. The van der Waals surface area contributed by atoms with Gasteiger partial charge in [-0.15, -0.1) is 0 Å². The van der Waals surface area contributed by atoms with Gasteiger partial charge in [-0.25, -0.2) is 13.8 Å². The number of benzene rings is 2. The Morgan fingerprint density at radius 1 is 1.12 bits per heavy atom. The van der Waals surface area contributed by atoms with Crippen molar-refractivity contribution in [3.63, 3.8) is 0 Å². The molecule has 1 atom stereocenters. The summed E-state index contributed by atoms with van der Waals surface area (Å²) >= 11 is 0. The number of carbonyl (C=O) groups excluding carboxylic acids is 1. The number of hydrogen-bond acceptors (Lipinski definition) is 2. The van der Waals surface area contributed by atoms with Crippen LogP contribution in [0.4, 0.5) is 14.6 Å². The van der Waals surface area contributed by atoms with Crippen molar-refractivity contribution in [1.29, 1.82) is 0 Å². The van der Waals surface area contributed by atoms with Gasteiger partial charge in [0.05, 0.1) is 11.4 Å². The molecular weight excluding hydrogens is 312 g/mol. The van der Waals surface area contributed by atoms with Crippen molar-refractivity contribution in [3.05, 3.63) is 77.8 Å². The maximum Gasteiger partial charge on any atom is 0.226 e. The van der Waals surface area contributed by atoms with E-state index in [9.17, 15) is 13.6 Å². The maximum atomic E-state index is 14.2. The number of anilines is 1. The summed E-state index contributed by atoms with van der Waals surface area (Å²) in [5.41, 5.74) is 1.54. The van der Waals surface area contributed by atoms with Crippen molar-refractivity contribution in [2.75, 3.05) is 5.32 Å². The van der Waals surface area contributed by atoms with Crippen molar-refractivity contribution >= 4 is 11.7 Å². The molecule has 1 amide bonds. The molecule has 0 fully saturated rings. The van der Waals surface area contributed by atoms with Crippen molar-refractivity contribution in [2.24, 2.45) is 0 Å². The lowest BCUT2D eigenvalue weighted by Crippen LogP contribution is -2.25. The molecule has 0 saturated carbocycles. The van der Waals surface area contributed by atoms with E-state index in [1.807, 2.05) is 0 Å². The number of imidazole rings is 1. The van der Waals surface area contributed by atoms with Gasteiger partial charge in [-0.05, 0) is 29.8 Å². The Hall–Kier alpha value is -3.02. The molecule has 6 heteroatoms. The molecule has 0 spiro atoms. The van der Waals surface area contributed by atoms with Crippen LogP contribution < -0.4 is 5.32 Å². The third-order valence-corrected chi connectivity index (χ3v) is 4.14. The quantitative estimate of drug-likeness (QED) is 0.782. The first kappa shape index (κ1) is 14.6. The van der Waals surface area contributed by atoms with Crippen LogP contribution in [0.15, 0.2) is 54.9 Å². The van der Waals surface area contributed by atoms with E-state index in [1.165, 1.54) is 24.5 Å². The standard InChI is InChI=1S/C18H13F2N3O/c19-11-4-3-5-12(8-11)23-10-21-17-14(9-16(24)22-18(17)23)13-6-1-2-7-15(13)20/h1-8,10,14H,9H2,(H,22,24)/t14-/m0/s1. The lowest BCUT2D eigenvalue weighted by atomic mass is 9.89. The van der Waals surface area contributed by atoms with Gasteiger partial charge in [-0.3, -0.25) is 9.36 Å². The van der Waals surface area contributed by atoms with Gasteiger partial charge < -0.3 is 5.32 Å². The second-order valence-corrected chi connectivity index (χ2v) is 5.65. The Bertz CT molecular complexity index is 936. The Labute approximate surface area is 136 Å². The molecule has 0 aliphatic carbocycles. The lowest BCUT2D eigenvalue weighted by molar-refractivity contribution is -0.116. The van der Waals surface area contributed by atoms with Gasteiger partial charge in [0.15, 0.2) is 0 Å². The minimum Gasteiger partial charge on any atom is -0.310 e. The Morgan fingerprint density at radius 2 is 1.96 bits per heavy atom. The van der Waals surface area contributed by atoms with Gasteiger partial charge >= 0.3 is 0 Å². The monoisotopic (exact) mass is 325 g/mol. The first-order valence-electron chi connectivity index (χ1n) is 7.51. The number of hydrogen-bond donors (Lipinski definition) is 1. The third-order valence-electron chi connectivity index (χ3n) is 4.14. The molecular formula is C18H13F2N3O. The first-order chi connectivity index (χ1) is 11.6. The normalized spacial score (nSPS) is 16.6. The van der Waals surface area contributed by atoms with E-state index in [0.717, 1.165) is 0 Å². The Balaban J connectivity index is 1.85. The van der Waals surface area contributed by atoms with E-state index in [4.69, 9.17) is 0 Å². The van der Waals surface area contributed by atoms with E-state index in [0.29, 0.717) is 22.8 Å². The molecule has 0 bridgehead atoms. The van der Waals surface area contributed by atoms with Gasteiger partial charge in [0.25, 0.3) is 0 Å². The number of aromatic nitrogens is 2. The van der Waals surface area contributed by atoms with Crippen LogP contribution in [0.3, 0.4) is 0 Å². The van der Waals surface area contributed by atoms with Crippen LogP contribution in [-0.2, 0) is 4.79 Å². The van der Waals surface area contributed by atoms with Crippen LogP contribution in [0.2, 0.25) is 0 Å². The number of rotatable bonds is 2. The zero-order valence-corrected chi connectivity index (χ0v) is 12.5. The Kier molecular flexibility index (Phi) is 3.37. The van der Waals surface area contributed by atoms with Gasteiger partial charge in [0.1, 0.15) is 23.8 Å². The van der Waals surface area contributed by atoms with Crippen molar-refractivity contribution in [3.8, 4) is 5.69 Å². The highest BCUT2D eigenvalue weighted by atomic mass is 19.1. The van der Waals surface area contributed by atoms with E-state index >= 15 is 0 Å². The van der Waals surface area contributed by atoms with Crippen LogP contribution >= 0.6 is 0 Å². The smallest absolute Gasteiger partial charge is 0.226 e. The fraction of sp³-hybridized carbons (Fsp3) is 0.111. The van der Waals surface area contributed by atoms with E-state index in [1.54, 1.807) is 34.9 Å². The van der Waals surface area contributed by atoms with Crippen molar-refractivity contribution < 1.29 is 13.6 Å². The zero-order valence-electron chi connectivity index (χ0n) is 12.5. The summed E-state index contributed by atoms with van der Waals surface area (Å²) in [5, 5.41) is 2.76. The van der Waals surface area contributed by atoms with E-state index in [2.05, 4.69) is 10.3 Å². The number of amides is 1. The minimum absolute atomic E-state index is 0.119. The van der Waals surface area contributed by atoms with E-state index in [-0.39, 0.29) is 24.0 Å². The minimum atomic E-state index is -0.468. The summed E-state index contributed by atoms with van der Waals surface area (Å²) in [6.45, 7) is 0. The van der Waals surface area contributed by atoms with Crippen molar-refractivity contribution in [1.82, 2.24) is 9.55 Å². The van der Waals surface area contributed by atoms with Crippen LogP contribution in [0.5, 0.6) is 0 Å². The molecule has 3 aromatic rings. The molecule has 120 valence electrons. The van der Waals surface area contributed by atoms with Crippen LogP contribution in [-0.4, -0.2) is 15.5 Å². The summed E-state index contributed by atoms with van der Waals surface area (Å²) in [6, 6.07) is 12.3. The molecule has 2 heterocycles. The summed E-state index contributed by atoms with van der Waals surface area (Å²) in [7, 11) is 0. The highest BCUT2D eigenvalue weighted by Crippen LogP contribution is 2.38.